The van der Waals surface area contributed by atoms with Gasteiger partial charge in [0.25, 0.3) is 0 Å². The van der Waals surface area contributed by atoms with Crippen molar-refractivity contribution in [2.75, 3.05) is 13.7 Å². The second-order valence-electron chi connectivity index (χ2n) is 23.1. The number of carbonyl (C=O) groups excluding carboxylic acids is 3. The van der Waals surface area contributed by atoms with Gasteiger partial charge in [-0.1, -0.05) is 245 Å². The highest BCUT2D eigenvalue weighted by atomic mass is 28.3. The Bertz CT molecular complexity index is 2590. The predicted molar refractivity (Wildman–Crippen MR) is 326 cm³/mol. The SMILES string of the molecule is CCCCCCCCCCCCCCC1OC(=O)O[C@H]1[C@H](CC[C@]1(OC)OC(COC(=O)c2ccccc2)[C@@H](O[SiH](C(C)C)C(C)C)C(OCc2ccccc2)[C@@H]1OCc1ccccc1)N(Cc1ccccc1)C(=O)OCc1ccccc1. The van der Waals surface area contributed by atoms with Crippen LogP contribution in [-0.2, 0) is 68.7 Å². The zero-order valence-corrected chi connectivity index (χ0v) is 51.4. The molecule has 83 heavy (non-hydrogen) atoms. The summed E-state index contributed by atoms with van der Waals surface area (Å²) in [6, 6.07) is 47.2. The summed E-state index contributed by atoms with van der Waals surface area (Å²) in [5.41, 5.74) is 4.34. The Balaban J connectivity index is 1.27. The number of carbonyl (C=O) groups is 3. The number of hydrogen-bond acceptors (Lipinski definition) is 12. The van der Waals surface area contributed by atoms with Crippen molar-refractivity contribution in [1.82, 2.24) is 4.90 Å². The largest absolute Gasteiger partial charge is 0.509 e. The van der Waals surface area contributed by atoms with Crippen molar-refractivity contribution in [3.05, 3.63) is 179 Å². The van der Waals surface area contributed by atoms with Crippen molar-refractivity contribution < 1.29 is 56.7 Å². The van der Waals surface area contributed by atoms with E-state index >= 15 is 4.79 Å². The van der Waals surface area contributed by atoms with Crippen molar-refractivity contribution in [3.8, 4) is 0 Å². The molecule has 5 aromatic rings. The average Bonchev–Trinajstić information content (AvgIpc) is 3.95. The fraction of sp³-hybridized carbons (Fsp3) is 0.522. The molecule has 450 valence electrons. The molecule has 5 aromatic carbocycles. The van der Waals surface area contributed by atoms with Crippen LogP contribution in [0.2, 0.25) is 11.1 Å². The summed E-state index contributed by atoms with van der Waals surface area (Å²) in [4.78, 5) is 44.4. The lowest BCUT2D eigenvalue weighted by Gasteiger charge is -2.53. The Kier molecular flexibility index (Phi) is 27.1. The quantitative estimate of drug-likeness (QED) is 0.0163. The lowest BCUT2D eigenvalue weighted by atomic mass is 9.86. The Hall–Kier alpha value is -5.87. The Morgan fingerprint density at radius 1 is 0.578 bits per heavy atom. The molecule has 0 bridgehead atoms. The normalized spacial score (nSPS) is 21.0. The van der Waals surface area contributed by atoms with E-state index in [4.69, 9.17) is 42.3 Å². The molecular formula is C69H93NO12Si. The molecule has 0 radical (unpaired) electrons. The molecule has 13 nitrogen and oxygen atoms in total. The smallest absolute Gasteiger partial charge is 0.459 e. The monoisotopic (exact) mass is 1160 g/mol. The first-order chi connectivity index (χ1) is 40.5. The first-order valence-corrected chi connectivity index (χ1v) is 32.6. The van der Waals surface area contributed by atoms with Gasteiger partial charge in [-0.15, -0.1) is 0 Å². The number of cyclic esters (lactones) is 2. The zero-order chi connectivity index (χ0) is 58.7. The van der Waals surface area contributed by atoms with Gasteiger partial charge in [0.15, 0.2) is 20.9 Å². The minimum Gasteiger partial charge on any atom is -0.459 e. The maximum absolute atomic E-state index is 15.1. The van der Waals surface area contributed by atoms with Gasteiger partial charge in [-0.05, 0) is 64.7 Å². The summed E-state index contributed by atoms with van der Waals surface area (Å²) in [6.07, 6.45) is 8.47. The number of nitrogens with zero attached hydrogens (tertiary/aromatic N) is 1. The third-order valence-corrected chi connectivity index (χ3v) is 19.3. The van der Waals surface area contributed by atoms with E-state index in [1.807, 2.05) is 127 Å². The van der Waals surface area contributed by atoms with Gasteiger partial charge >= 0.3 is 18.2 Å². The fourth-order valence-electron chi connectivity index (χ4n) is 11.7. The molecule has 0 aromatic heterocycles. The molecule has 1 amide bonds. The molecule has 0 saturated carbocycles. The minimum atomic E-state index is -2.09. The van der Waals surface area contributed by atoms with Crippen molar-refractivity contribution >= 4 is 27.3 Å². The number of unbranched alkanes of at least 4 members (excludes halogenated alkanes) is 11. The maximum Gasteiger partial charge on any atom is 0.509 e. The molecule has 2 saturated heterocycles. The fourth-order valence-corrected chi connectivity index (χ4v) is 14.5. The molecule has 2 heterocycles. The highest BCUT2D eigenvalue weighted by Gasteiger charge is 2.59. The van der Waals surface area contributed by atoms with Crippen LogP contribution in [0.5, 0.6) is 0 Å². The zero-order valence-electron chi connectivity index (χ0n) is 50.2. The summed E-state index contributed by atoms with van der Waals surface area (Å²) >= 11 is 0. The third-order valence-electron chi connectivity index (χ3n) is 16.1. The summed E-state index contributed by atoms with van der Waals surface area (Å²) in [5, 5.41) is 0. The lowest BCUT2D eigenvalue weighted by molar-refractivity contribution is -0.372. The number of hydrogen-bond donors (Lipinski definition) is 0. The van der Waals surface area contributed by atoms with E-state index in [1.165, 1.54) is 51.4 Å². The standard InChI is InChI=1S/C69H93NO12Si/c1-7-8-9-10-11-12-13-14-15-16-17-33-44-60-62(80-68(73)79-60)59(70(47-54-34-23-18-24-35-54)67(72)78-50-57-40-29-21-30-41-57)45-46-69(74-6)65(76-49-56-38-27-20-28-39-56)64(75-48-55-36-25-19-26-37-55)63(82-83(52(2)3)53(4)5)61(81-69)51-77-66(71)58-42-31-22-32-43-58/h18-32,34-43,52-53,59-65,83H,7-17,33,44-51H2,1-6H3/t59-,60?,61?,62-,63+,64?,65-,69-/m0/s1. The van der Waals surface area contributed by atoms with Gasteiger partial charge in [-0.25, -0.2) is 14.4 Å². The van der Waals surface area contributed by atoms with Gasteiger partial charge in [0.1, 0.15) is 43.7 Å². The number of rotatable bonds is 36. The van der Waals surface area contributed by atoms with Crippen LogP contribution in [-0.4, -0.2) is 94.3 Å². The number of esters is 1. The van der Waals surface area contributed by atoms with E-state index in [-0.39, 0.29) is 56.9 Å². The van der Waals surface area contributed by atoms with Gasteiger partial charge in [0, 0.05) is 20.1 Å². The van der Waals surface area contributed by atoms with E-state index in [0.717, 1.165) is 47.9 Å². The van der Waals surface area contributed by atoms with Crippen molar-refractivity contribution in [2.24, 2.45) is 0 Å². The van der Waals surface area contributed by atoms with E-state index in [0.29, 0.717) is 12.0 Å². The number of methoxy groups -OCH3 is 1. The molecule has 8 atom stereocenters. The molecule has 0 N–H and O–H groups in total. The average molecular weight is 1160 g/mol. The van der Waals surface area contributed by atoms with Gasteiger partial charge < -0.3 is 42.3 Å². The van der Waals surface area contributed by atoms with Crippen LogP contribution in [0.15, 0.2) is 152 Å². The molecule has 0 spiro atoms. The first kappa shape index (κ1) is 64.7. The van der Waals surface area contributed by atoms with Crippen molar-refractivity contribution in [3.63, 3.8) is 0 Å². The molecular weight excluding hydrogens is 1060 g/mol. The van der Waals surface area contributed by atoms with E-state index in [2.05, 4.69) is 34.6 Å². The first-order valence-electron chi connectivity index (χ1n) is 30.8. The molecule has 2 aliphatic rings. The van der Waals surface area contributed by atoms with Crippen molar-refractivity contribution in [1.29, 1.82) is 0 Å². The molecule has 2 aliphatic heterocycles. The molecule has 2 fully saturated rings. The van der Waals surface area contributed by atoms with Crippen LogP contribution in [0.25, 0.3) is 0 Å². The van der Waals surface area contributed by atoms with Gasteiger partial charge in [-0.3, -0.25) is 4.90 Å². The minimum absolute atomic E-state index is 0.0176. The van der Waals surface area contributed by atoms with E-state index < -0.39 is 75.7 Å². The highest BCUT2D eigenvalue weighted by molar-refractivity contribution is 6.55. The highest BCUT2D eigenvalue weighted by Crippen LogP contribution is 2.43. The van der Waals surface area contributed by atoms with Crippen LogP contribution in [0.4, 0.5) is 9.59 Å². The second-order valence-corrected chi connectivity index (χ2v) is 27.0. The van der Waals surface area contributed by atoms with Gasteiger partial charge in [-0.2, -0.15) is 0 Å². The Morgan fingerprint density at radius 3 is 1.60 bits per heavy atom. The summed E-state index contributed by atoms with van der Waals surface area (Å²) in [5.74, 6) is -2.18. The van der Waals surface area contributed by atoms with E-state index in [9.17, 15) is 9.59 Å². The van der Waals surface area contributed by atoms with E-state index in [1.54, 1.807) is 36.3 Å². The van der Waals surface area contributed by atoms with Gasteiger partial charge in [0.05, 0.1) is 24.8 Å². The van der Waals surface area contributed by atoms with Crippen LogP contribution >= 0.6 is 0 Å². The number of amides is 1. The number of benzene rings is 5. The Labute approximate surface area is 496 Å². The summed E-state index contributed by atoms with van der Waals surface area (Å²) in [7, 11) is -0.507. The summed E-state index contributed by atoms with van der Waals surface area (Å²) in [6.45, 7) is 11.3. The van der Waals surface area contributed by atoms with Crippen LogP contribution < -0.4 is 0 Å². The van der Waals surface area contributed by atoms with Crippen molar-refractivity contribution in [2.45, 2.75) is 217 Å². The second kappa shape index (κ2) is 34.8. The maximum atomic E-state index is 15.1. The van der Waals surface area contributed by atoms with Crippen LogP contribution in [0.3, 0.4) is 0 Å². The topological polar surface area (TPSA) is 138 Å². The lowest BCUT2D eigenvalue weighted by Crippen LogP contribution is -2.69. The molecule has 7 rings (SSSR count). The van der Waals surface area contributed by atoms with Crippen LogP contribution in [0.1, 0.15) is 164 Å². The third kappa shape index (κ3) is 20.1. The molecule has 3 unspecified atom stereocenters. The summed E-state index contributed by atoms with van der Waals surface area (Å²) < 4.78 is 60.9. The molecule has 0 aliphatic carbocycles. The number of ether oxygens (including phenoxy) is 8. The Morgan fingerprint density at radius 2 is 1.07 bits per heavy atom. The van der Waals surface area contributed by atoms with Crippen LogP contribution in [0, 0.1) is 0 Å². The van der Waals surface area contributed by atoms with Gasteiger partial charge in [0.2, 0.25) is 0 Å². The molecule has 14 heteroatoms. The predicted octanol–water partition coefficient (Wildman–Crippen LogP) is 15.7.